The van der Waals surface area contributed by atoms with E-state index < -0.39 is 0 Å². The lowest BCUT2D eigenvalue weighted by Gasteiger charge is -2.11. The molecule has 0 saturated heterocycles. The molecule has 0 aliphatic rings. The first-order valence-corrected chi connectivity index (χ1v) is 9.07. The largest absolute Gasteiger partial charge is 0.465 e. The van der Waals surface area contributed by atoms with E-state index in [1.165, 1.54) is 37.0 Å². The fourth-order valence-electron chi connectivity index (χ4n) is 2.00. The Kier molecular flexibility index (Phi) is 10.1. The van der Waals surface area contributed by atoms with Gasteiger partial charge < -0.3 is 4.74 Å². The Bertz CT molecular complexity index is 378. The summed E-state index contributed by atoms with van der Waals surface area (Å²) in [5.41, 5.74) is 0. The van der Waals surface area contributed by atoms with Crippen molar-refractivity contribution in [2.24, 2.45) is 5.92 Å². The molecule has 1 unspecified atom stereocenters. The highest BCUT2D eigenvalue weighted by Crippen LogP contribution is 2.20. The lowest BCUT2D eigenvalue weighted by molar-refractivity contribution is -0.147. The first-order valence-electron chi connectivity index (χ1n) is 8.08. The van der Waals surface area contributed by atoms with Crippen molar-refractivity contribution in [1.82, 2.24) is 0 Å². The second-order valence-electron chi connectivity index (χ2n) is 5.46. The van der Waals surface area contributed by atoms with Gasteiger partial charge in [0.1, 0.15) is 0 Å². The van der Waals surface area contributed by atoms with Gasteiger partial charge >= 0.3 is 5.97 Å². The van der Waals surface area contributed by atoms with Crippen LogP contribution >= 0.6 is 11.8 Å². The van der Waals surface area contributed by atoms with Crippen molar-refractivity contribution in [2.75, 3.05) is 12.4 Å². The van der Waals surface area contributed by atoms with Gasteiger partial charge in [-0.15, -0.1) is 11.8 Å². The van der Waals surface area contributed by atoms with Gasteiger partial charge in [-0.25, -0.2) is 0 Å². The number of thioether (sulfide) groups is 1. The summed E-state index contributed by atoms with van der Waals surface area (Å²) < 4.78 is 5.35. The summed E-state index contributed by atoms with van der Waals surface area (Å²) in [5.74, 6) is 0.668. The number of carbonyl (C=O) groups is 1. The molecular formula is C18H28O2S. The molecule has 0 radical (unpaired) electrons. The molecule has 21 heavy (non-hydrogen) atoms. The molecule has 2 nitrogen and oxygen atoms in total. The summed E-state index contributed by atoms with van der Waals surface area (Å²) in [6.45, 7) is 4.74. The van der Waals surface area contributed by atoms with Gasteiger partial charge in [-0.2, -0.15) is 0 Å². The molecule has 0 saturated carbocycles. The van der Waals surface area contributed by atoms with Crippen LogP contribution in [-0.2, 0) is 9.53 Å². The molecule has 1 rings (SSSR count). The van der Waals surface area contributed by atoms with Crippen LogP contribution in [0.15, 0.2) is 35.2 Å². The van der Waals surface area contributed by atoms with Crippen molar-refractivity contribution in [3.63, 3.8) is 0 Å². The monoisotopic (exact) mass is 308 g/mol. The van der Waals surface area contributed by atoms with Gasteiger partial charge in [-0.3, -0.25) is 4.79 Å². The number of esters is 1. The number of benzene rings is 1. The molecule has 0 N–H and O–H groups in total. The molecule has 0 spiro atoms. The van der Waals surface area contributed by atoms with Gasteiger partial charge in [0.15, 0.2) is 0 Å². The van der Waals surface area contributed by atoms with Crippen molar-refractivity contribution in [3.05, 3.63) is 30.3 Å². The third-order valence-electron chi connectivity index (χ3n) is 3.39. The van der Waals surface area contributed by atoms with E-state index >= 15 is 0 Å². The van der Waals surface area contributed by atoms with Crippen molar-refractivity contribution >= 4 is 17.7 Å². The molecule has 0 aromatic heterocycles. The molecule has 1 aromatic carbocycles. The third-order valence-corrected chi connectivity index (χ3v) is 4.66. The number of hydrogen-bond donors (Lipinski definition) is 0. The van der Waals surface area contributed by atoms with Crippen LogP contribution in [0.1, 0.15) is 52.4 Å². The van der Waals surface area contributed by atoms with E-state index in [0.29, 0.717) is 6.61 Å². The Morgan fingerprint density at radius 1 is 1.10 bits per heavy atom. The van der Waals surface area contributed by atoms with E-state index in [2.05, 4.69) is 19.1 Å². The number of hydrogen-bond acceptors (Lipinski definition) is 3. The molecule has 0 amide bonds. The third kappa shape index (κ3) is 8.82. The van der Waals surface area contributed by atoms with Crippen molar-refractivity contribution in [2.45, 2.75) is 57.3 Å². The second-order valence-corrected chi connectivity index (χ2v) is 6.55. The maximum absolute atomic E-state index is 11.9. The summed E-state index contributed by atoms with van der Waals surface area (Å²) in [5, 5.41) is 0. The Labute approximate surface area is 133 Å². The summed E-state index contributed by atoms with van der Waals surface area (Å²) in [7, 11) is 0. The van der Waals surface area contributed by atoms with E-state index in [0.717, 1.165) is 12.2 Å². The first kappa shape index (κ1) is 18.1. The van der Waals surface area contributed by atoms with Gasteiger partial charge in [0.25, 0.3) is 0 Å². The Morgan fingerprint density at radius 3 is 2.48 bits per heavy atom. The van der Waals surface area contributed by atoms with Crippen LogP contribution in [0.5, 0.6) is 0 Å². The van der Waals surface area contributed by atoms with Crippen LogP contribution in [-0.4, -0.2) is 18.3 Å². The number of unbranched alkanes of at least 4 members (excludes halogenated alkanes) is 5. The standard InChI is InChI=1S/C18H28O2S/c1-3-4-5-6-7-11-14-20-18(19)16(2)15-21-17-12-9-8-10-13-17/h8-10,12-13,16H,3-7,11,14-15H2,1-2H3. The minimum Gasteiger partial charge on any atom is -0.465 e. The lowest BCUT2D eigenvalue weighted by atomic mass is 10.1. The zero-order valence-electron chi connectivity index (χ0n) is 13.3. The highest BCUT2D eigenvalue weighted by molar-refractivity contribution is 7.99. The Hall–Kier alpha value is -0.960. The van der Waals surface area contributed by atoms with E-state index in [9.17, 15) is 4.79 Å². The van der Waals surface area contributed by atoms with Crippen LogP contribution in [0.4, 0.5) is 0 Å². The van der Waals surface area contributed by atoms with Gasteiger partial charge in [-0.05, 0) is 18.6 Å². The molecule has 0 aliphatic carbocycles. The van der Waals surface area contributed by atoms with Gasteiger partial charge in [0.2, 0.25) is 0 Å². The van der Waals surface area contributed by atoms with E-state index in [1.54, 1.807) is 11.8 Å². The maximum atomic E-state index is 11.9. The van der Waals surface area contributed by atoms with Crippen molar-refractivity contribution < 1.29 is 9.53 Å². The predicted octanol–water partition coefficient (Wildman–Crippen LogP) is 5.32. The smallest absolute Gasteiger partial charge is 0.309 e. The number of rotatable bonds is 11. The highest BCUT2D eigenvalue weighted by Gasteiger charge is 2.14. The lowest BCUT2D eigenvalue weighted by Crippen LogP contribution is -2.17. The van der Waals surface area contributed by atoms with Gasteiger partial charge in [0.05, 0.1) is 12.5 Å². The quantitative estimate of drug-likeness (QED) is 0.314. The molecule has 118 valence electrons. The summed E-state index contributed by atoms with van der Waals surface area (Å²) >= 11 is 1.71. The predicted molar refractivity (Wildman–Crippen MR) is 90.7 cm³/mol. The van der Waals surface area contributed by atoms with Crippen LogP contribution in [0.3, 0.4) is 0 Å². The molecule has 0 aliphatic heterocycles. The van der Waals surface area contributed by atoms with Crippen LogP contribution in [0, 0.1) is 5.92 Å². The van der Waals surface area contributed by atoms with Gasteiger partial charge in [0, 0.05) is 10.6 Å². The summed E-state index contributed by atoms with van der Waals surface area (Å²) in [6, 6.07) is 10.2. The molecule has 0 fully saturated rings. The fraction of sp³-hybridized carbons (Fsp3) is 0.611. The zero-order chi connectivity index (χ0) is 15.3. The van der Waals surface area contributed by atoms with Crippen LogP contribution < -0.4 is 0 Å². The normalized spacial score (nSPS) is 12.1. The average Bonchev–Trinajstić information content (AvgIpc) is 2.52. The van der Waals surface area contributed by atoms with Crippen molar-refractivity contribution in [1.29, 1.82) is 0 Å². The molecular weight excluding hydrogens is 280 g/mol. The topological polar surface area (TPSA) is 26.3 Å². The first-order chi connectivity index (χ1) is 10.2. The minimum atomic E-state index is -0.0630. The molecule has 1 aromatic rings. The zero-order valence-corrected chi connectivity index (χ0v) is 14.2. The van der Waals surface area contributed by atoms with Crippen LogP contribution in [0.25, 0.3) is 0 Å². The fourth-order valence-corrected chi connectivity index (χ4v) is 2.93. The highest BCUT2D eigenvalue weighted by atomic mass is 32.2. The summed E-state index contributed by atoms with van der Waals surface area (Å²) in [6.07, 6.45) is 7.30. The Morgan fingerprint density at radius 2 is 1.76 bits per heavy atom. The summed E-state index contributed by atoms with van der Waals surface area (Å²) in [4.78, 5) is 13.1. The maximum Gasteiger partial charge on any atom is 0.309 e. The molecule has 0 heterocycles. The van der Waals surface area contributed by atoms with Crippen LogP contribution in [0.2, 0.25) is 0 Å². The minimum absolute atomic E-state index is 0.0460. The van der Waals surface area contributed by atoms with E-state index in [-0.39, 0.29) is 11.9 Å². The number of carbonyl (C=O) groups excluding carboxylic acids is 1. The molecule has 1 atom stereocenters. The molecule has 0 bridgehead atoms. The average molecular weight is 308 g/mol. The molecule has 3 heteroatoms. The Balaban J connectivity index is 2.06. The SMILES string of the molecule is CCCCCCCCOC(=O)C(C)CSc1ccccc1. The number of ether oxygens (including phenoxy) is 1. The van der Waals surface area contributed by atoms with Gasteiger partial charge in [-0.1, -0.05) is 64.2 Å². The second kappa shape index (κ2) is 11.7. The van der Waals surface area contributed by atoms with E-state index in [4.69, 9.17) is 4.74 Å². The van der Waals surface area contributed by atoms with Crippen molar-refractivity contribution in [3.8, 4) is 0 Å². The van der Waals surface area contributed by atoms with E-state index in [1.807, 2.05) is 25.1 Å².